The zero-order valence-electron chi connectivity index (χ0n) is 8.19. The molecule has 0 aliphatic carbocycles. The van der Waals surface area contributed by atoms with Crippen LogP contribution in [0.2, 0.25) is 0 Å². The summed E-state index contributed by atoms with van der Waals surface area (Å²) < 4.78 is 5.10. The van der Waals surface area contributed by atoms with E-state index in [0.29, 0.717) is 0 Å². The first kappa shape index (κ1) is 9.74. The maximum atomic E-state index is 11.5. The number of rotatable bonds is 2. The quantitative estimate of drug-likeness (QED) is 0.552. The Kier molecular flexibility index (Phi) is 2.61. The maximum Gasteiger partial charge on any atom is 0.225 e. The highest BCUT2D eigenvalue weighted by molar-refractivity contribution is 8.13. The van der Waals surface area contributed by atoms with Crippen LogP contribution in [0.1, 0.15) is 12.5 Å². The largest absolute Gasteiger partial charge is 0.361 e. The molecule has 1 aromatic carbocycles. The van der Waals surface area contributed by atoms with Crippen LogP contribution >= 0.6 is 11.8 Å². The summed E-state index contributed by atoms with van der Waals surface area (Å²) in [4.78, 5) is 12.5. The van der Waals surface area contributed by atoms with E-state index in [1.54, 1.807) is 0 Å². The van der Waals surface area contributed by atoms with E-state index in [2.05, 4.69) is 0 Å². The van der Waals surface area contributed by atoms with Gasteiger partial charge in [-0.1, -0.05) is 17.7 Å². The number of carbonyl (C=O) groups is 1. The minimum Gasteiger partial charge on any atom is -0.361 e. The van der Waals surface area contributed by atoms with Gasteiger partial charge in [-0.2, -0.15) is 0 Å². The molecule has 2 atom stereocenters. The van der Waals surface area contributed by atoms with Crippen LogP contribution in [0.25, 0.3) is 0 Å². The van der Waals surface area contributed by atoms with E-state index >= 15 is 0 Å². The molecule has 1 heterocycles. The molecule has 0 amide bonds. The molecule has 1 aliphatic heterocycles. The third kappa shape index (κ3) is 2.16. The first-order valence-corrected chi connectivity index (χ1v) is 5.42. The lowest BCUT2D eigenvalue weighted by molar-refractivity contribution is -0.112. The highest BCUT2D eigenvalue weighted by atomic mass is 32.2. The molecule has 1 saturated heterocycles. The van der Waals surface area contributed by atoms with Crippen molar-refractivity contribution in [2.45, 2.75) is 31.0 Å². The summed E-state index contributed by atoms with van der Waals surface area (Å²) in [6.45, 7) is 3.95. The van der Waals surface area contributed by atoms with Gasteiger partial charge in [0.05, 0.1) is 6.10 Å². The van der Waals surface area contributed by atoms with Gasteiger partial charge in [-0.25, -0.2) is 0 Å². The van der Waals surface area contributed by atoms with Crippen LogP contribution in [0.4, 0.5) is 0 Å². The van der Waals surface area contributed by atoms with E-state index in [1.807, 2.05) is 38.1 Å². The molecule has 1 aromatic rings. The van der Waals surface area contributed by atoms with Crippen molar-refractivity contribution < 1.29 is 9.53 Å². The predicted molar refractivity (Wildman–Crippen MR) is 56.4 cm³/mol. The third-order valence-electron chi connectivity index (χ3n) is 2.18. The summed E-state index contributed by atoms with van der Waals surface area (Å²) in [5.41, 5.74) is 1.21. The Morgan fingerprint density at radius 2 is 1.93 bits per heavy atom. The van der Waals surface area contributed by atoms with Gasteiger partial charge < -0.3 is 4.74 Å². The smallest absolute Gasteiger partial charge is 0.225 e. The van der Waals surface area contributed by atoms with Crippen molar-refractivity contribution in [2.75, 3.05) is 0 Å². The van der Waals surface area contributed by atoms with E-state index in [0.717, 1.165) is 4.90 Å². The van der Waals surface area contributed by atoms with Gasteiger partial charge in [-0.3, -0.25) is 4.79 Å². The zero-order valence-corrected chi connectivity index (χ0v) is 9.01. The number of aryl methyl sites for hydroxylation is 1. The van der Waals surface area contributed by atoms with Gasteiger partial charge in [-0.15, -0.1) is 0 Å². The fourth-order valence-electron chi connectivity index (χ4n) is 1.21. The Bertz CT molecular complexity index is 345. The first-order valence-electron chi connectivity index (χ1n) is 4.60. The maximum absolute atomic E-state index is 11.5. The van der Waals surface area contributed by atoms with E-state index in [-0.39, 0.29) is 17.3 Å². The lowest BCUT2D eigenvalue weighted by atomic mass is 10.2. The van der Waals surface area contributed by atoms with E-state index in [4.69, 9.17) is 4.74 Å². The average molecular weight is 208 g/mol. The summed E-state index contributed by atoms with van der Waals surface area (Å²) in [6.07, 6.45) is -0.0678. The van der Waals surface area contributed by atoms with Gasteiger partial charge >= 0.3 is 0 Å². The summed E-state index contributed by atoms with van der Waals surface area (Å²) in [7, 11) is 0. The van der Waals surface area contributed by atoms with Crippen LogP contribution in [0.5, 0.6) is 0 Å². The number of ether oxygens (including phenoxy) is 1. The molecular formula is C11H12O2S. The molecule has 0 radical (unpaired) electrons. The highest BCUT2D eigenvalue weighted by Crippen LogP contribution is 2.30. The molecule has 0 spiro atoms. The number of carbonyl (C=O) groups excluding carboxylic acids is 1. The van der Waals surface area contributed by atoms with E-state index < -0.39 is 0 Å². The molecule has 3 heteroatoms. The second-order valence-corrected chi connectivity index (χ2v) is 4.57. The van der Waals surface area contributed by atoms with Crippen LogP contribution < -0.4 is 0 Å². The molecule has 0 aromatic heterocycles. The van der Waals surface area contributed by atoms with E-state index in [1.165, 1.54) is 17.3 Å². The van der Waals surface area contributed by atoms with Crippen molar-refractivity contribution in [1.29, 1.82) is 0 Å². The Balaban J connectivity index is 1.97. The molecular weight excluding hydrogens is 196 g/mol. The van der Waals surface area contributed by atoms with Crippen LogP contribution in [0.3, 0.4) is 0 Å². The average Bonchev–Trinajstić information content (AvgIpc) is 2.87. The van der Waals surface area contributed by atoms with Crippen LogP contribution in [0.15, 0.2) is 29.2 Å². The normalized spacial score (nSPS) is 24.7. The molecule has 0 bridgehead atoms. The predicted octanol–water partition coefficient (Wildman–Crippen LogP) is 2.40. The monoisotopic (exact) mass is 208 g/mol. The lowest BCUT2D eigenvalue weighted by Gasteiger charge is -1.98. The second kappa shape index (κ2) is 3.75. The molecule has 0 unspecified atom stereocenters. The number of thioether (sulfide) groups is 1. The van der Waals surface area contributed by atoms with E-state index in [9.17, 15) is 4.79 Å². The van der Waals surface area contributed by atoms with Crippen LogP contribution in [-0.4, -0.2) is 17.3 Å². The Hall–Kier alpha value is -0.800. The first-order chi connectivity index (χ1) is 6.66. The lowest BCUT2D eigenvalue weighted by Crippen LogP contribution is -2.02. The van der Waals surface area contributed by atoms with Gasteiger partial charge in [0.1, 0.15) is 0 Å². The molecule has 14 heavy (non-hydrogen) atoms. The van der Waals surface area contributed by atoms with Crippen molar-refractivity contribution in [3.8, 4) is 0 Å². The summed E-state index contributed by atoms with van der Waals surface area (Å²) >= 11 is 1.26. The summed E-state index contributed by atoms with van der Waals surface area (Å²) in [5, 5.41) is 0.112. The molecule has 1 fully saturated rings. The van der Waals surface area contributed by atoms with Crippen molar-refractivity contribution in [3.05, 3.63) is 29.8 Å². The van der Waals surface area contributed by atoms with Gasteiger partial charge in [0, 0.05) is 4.90 Å². The number of hydrogen-bond donors (Lipinski definition) is 0. The summed E-state index contributed by atoms with van der Waals surface area (Å²) in [6, 6.07) is 7.94. The van der Waals surface area contributed by atoms with Crippen molar-refractivity contribution in [2.24, 2.45) is 0 Å². The number of benzene rings is 1. The number of hydrogen-bond acceptors (Lipinski definition) is 3. The Morgan fingerprint density at radius 1 is 1.36 bits per heavy atom. The molecule has 1 aliphatic rings. The second-order valence-electron chi connectivity index (χ2n) is 3.50. The summed E-state index contributed by atoms with van der Waals surface area (Å²) in [5.74, 6) is 0. The van der Waals surface area contributed by atoms with Gasteiger partial charge in [0.25, 0.3) is 0 Å². The zero-order chi connectivity index (χ0) is 10.1. The minimum atomic E-state index is -0.179. The van der Waals surface area contributed by atoms with Gasteiger partial charge in [0.2, 0.25) is 5.12 Å². The van der Waals surface area contributed by atoms with Crippen LogP contribution in [-0.2, 0) is 9.53 Å². The van der Waals surface area contributed by atoms with Gasteiger partial charge in [0.15, 0.2) is 6.10 Å². The molecule has 0 saturated carbocycles. The SMILES string of the molecule is Cc1ccc(SC(=O)[C@@H]2O[C@H]2C)cc1. The van der Waals surface area contributed by atoms with Crippen molar-refractivity contribution in [3.63, 3.8) is 0 Å². The fourth-order valence-corrected chi connectivity index (χ4v) is 2.08. The molecule has 2 nitrogen and oxygen atoms in total. The van der Waals surface area contributed by atoms with Crippen molar-refractivity contribution >= 4 is 16.9 Å². The Morgan fingerprint density at radius 3 is 2.43 bits per heavy atom. The highest BCUT2D eigenvalue weighted by Gasteiger charge is 2.41. The minimum absolute atomic E-state index is 0.112. The van der Waals surface area contributed by atoms with Crippen molar-refractivity contribution in [1.82, 2.24) is 0 Å². The molecule has 2 rings (SSSR count). The van der Waals surface area contributed by atoms with Gasteiger partial charge in [-0.05, 0) is 37.7 Å². The third-order valence-corrected chi connectivity index (χ3v) is 3.12. The topological polar surface area (TPSA) is 29.6 Å². The Labute approximate surface area is 87.6 Å². The fraction of sp³-hybridized carbons (Fsp3) is 0.364. The standard InChI is InChI=1S/C11H12O2S/c1-7-3-5-9(6-4-7)14-11(12)10-8(2)13-10/h3-6,8,10H,1-2H3/t8-,10+/m0/s1. The number of epoxide rings is 1. The molecule has 74 valence electrons. The van der Waals surface area contributed by atoms with Crippen LogP contribution in [0, 0.1) is 6.92 Å². The molecule has 0 N–H and O–H groups in total.